The van der Waals surface area contributed by atoms with Gasteiger partial charge in [-0.05, 0) is 37.0 Å². The van der Waals surface area contributed by atoms with Gasteiger partial charge in [0.25, 0.3) is 11.8 Å². The van der Waals surface area contributed by atoms with Crippen LogP contribution in [0.4, 0.5) is 11.4 Å². The smallest absolute Gasteiger partial charge is 0.337 e. The van der Waals surface area contributed by atoms with Crippen molar-refractivity contribution in [2.45, 2.75) is 19.8 Å². The molecule has 2 aliphatic heterocycles. The monoisotopic (exact) mass is 373 g/mol. The molecule has 27 heavy (non-hydrogen) atoms. The van der Waals surface area contributed by atoms with Crippen LogP contribution in [0.1, 0.15) is 30.1 Å². The van der Waals surface area contributed by atoms with Gasteiger partial charge < -0.3 is 20.4 Å². The van der Waals surface area contributed by atoms with Gasteiger partial charge in [0.05, 0.1) is 24.4 Å². The highest BCUT2D eigenvalue weighted by atomic mass is 16.4. The van der Waals surface area contributed by atoms with Gasteiger partial charge >= 0.3 is 5.97 Å². The van der Waals surface area contributed by atoms with Gasteiger partial charge in [-0.25, -0.2) is 4.79 Å². The van der Waals surface area contributed by atoms with Gasteiger partial charge in [-0.3, -0.25) is 14.5 Å². The van der Waals surface area contributed by atoms with Crippen LogP contribution in [-0.2, 0) is 9.59 Å². The largest absolute Gasteiger partial charge is 0.478 e. The van der Waals surface area contributed by atoms with Gasteiger partial charge in [0, 0.05) is 24.9 Å². The maximum absolute atomic E-state index is 12.2. The number of piperidine rings is 1. The number of rotatable bonds is 6. The van der Waals surface area contributed by atoms with Crippen molar-refractivity contribution in [3.63, 3.8) is 0 Å². The minimum Gasteiger partial charge on any atom is -0.478 e. The first-order valence-electron chi connectivity index (χ1n) is 8.98. The highest BCUT2D eigenvalue weighted by Gasteiger charge is 2.31. The third kappa shape index (κ3) is 3.95. The van der Waals surface area contributed by atoms with E-state index in [0.29, 0.717) is 17.3 Å². The maximum atomic E-state index is 12.2. The lowest BCUT2D eigenvalue weighted by Crippen LogP contribution is -2.35. The molecule has 1 aromatic carbocycles. The van der Waals surface area contributed by atoms with Gasteiger partial charge in [0.1, 0.15) is 5.70 Å². The molecule has 1 atom stereocenters. The van der Waals surface area contributed by atoms with Gasteiger partial charge in [0.15, 0.2) is 0 Å². The Hall–Kier alpha value is -2.87. The number of hydrogen-bond donors (Lipinski definition) is 3. The summed E-state index contributed by atoms with van der Waals surface area (Å²) in [7, 11) is 0. The van der Waals surface area contributed by atoms with E-state index in [4.69, 9.17) is 5.11 Å². The Kier molecular flexibility index (Phi) is 5.46. The van der Waals surface area contributed by atoms with Crippen LogP contribution >= 0.6 is 0 Å². The van der Waals surface area contributed by atoms with E-state index in [-0.39, 0.29) is 24.4 Å². The molecular formula is C19H23N3O5. The molecular weight excluding hydrogens is 350 g/mol. The molecule has 1 aromatic rings. The molecule has 2 heterocycles. The van der Waals surface area contributed by atoms with Crippen LogP contribution in [0.2, 0.25) is 0 Å². The second-order valence-corrected chi connectivity index (χ2v) is 6.93. The van der Waals surface area contributed by atoms with Crippen LogP contribution in [-0.4, -0.2) is 59.1 Å². The molecule has 1 fully saturated rings. The first-order chi connectivity index (χ1) is 12.9. The summed E-state index contributed by atoms with van der Waals surface area (Å²) in [5, 5.41) is 21.4. The van der Waals surface area contributed by atoms with Crippen LogP contribution in [0.5, 0.6) is 0 Å². The minimum atomic E-state index is -1.04. The van der Waals surface area contributed by atoms with E-state index < -0.39 is 17.8 Å². The molecule has 3 rings (SSSR count). The number of nitrogens with one attached hydrogen (secondary N) is 1. The number of nitrogens with zero attached hydrogens (tertiary/aromatic N) is 2. The van der Waals surface area contributed by atoms with Crippen LogP contribution in [0.3, 0.4) is 0 Å². The lowest BCUT2D eigenvalue weighted by atomic mass is 9.98. The second kappa shape index (κ2) is 7.79. The Morgan fingerprint density at radius 3 is 2.78 bits per heavy atom. The molecule has 0 bridgehead atoms. The lowest BCUT2D eigenvalue weighted by molar-refractivity contribution is -0.137. The summed E-state index contributed by atoms with van der Waals surface area (Å²) in [4.78, 5) is 38.8. The normalized spacial score (nSPS) is 20.1. The number of β-amino-alcohol motifs (C(OH)–C–C–N with tert-alkyl or cyclic N) is 1. The number of hydrogen-bond acceptors (Lipinski definition) is 6. The topological polar surface area (TPSA) is 110 Å². The molecule has 0 saturated carbocycles. The summed E-state index contributed by atoms with van der Waals surface area (Å²) in [5.41, 5.74) is 1.28. The summed E-state index contributed by atoms with van der Waals surface area (Å²) in [6, 6.07) is 4.91. The van der Waals surface area contributed by atoms with E-state index in [0.717, 1.165) is 36.9 Å². The molecule has 0 spiro atoms. The molecule has 2 aliphatic rings. The Labute approximate surface area is 157 Å². The SMILES string of the molecule is CC1CCCN(c2ccc(NC3=CC(=O)N(CCO)C3=O)cc2C(=O)O)C1. The highest BCUT2D eigenvalue weighted by molar-refractivity contribution is 6.17. The number of imide groups is 1. The molecule has 0 radical (unpaired) electrons. The van der Waals surface area contributed by atoms with E-state index in [1.165, 1.54) is 6.07 Å². The average Bonchev–Trinajstić information content (AvgIpc) is 2.89. The van der Waals surface area contributed by atoms with Crippen molar-refractivity contribution in [1.82, 2.24) is 4.90 Å². The quantitative estimate of drug-likeness (QED) is 0.644. The number of benzene rings is 1. The first-order valence-corrected chi connectivity index (χ1v) is 8.98. The fourth-order valence-electron chi connectivity index (χ4n) is 3.53. The Morgan fingerprint density at radius 1 is 1.33 bits per heavy atom. The number of carboxylic acids is 1. The van der Waals surface area contributed by atoms with Gasteiger partial charge in [0.2, 0.25) is 0 Å². The molecule has 1 saturated heterocycles. The highest BCUT2D eigenvalue weighted by Crippen LogP contribution is 2.29. The zero-order valence-corrected chi connectivity index (χ0v) is 15.1. The van der Waals surface area contributed by atoms with Crippen molar-refractivity contribution < 1.29 is 24.6 Å². The zero-order chi connectivity index (χ0) is 19.6. The van der Waals surface area contributed by atoms with Crippen molar-refractivity contribution in [2.75, 3.05) is 36.5 Å². The summed E-state index contributed by atoms with van der Waals surface area (Å²) in [5.74, 6) is -1.59. The van der Waals surface area contributed by atoms with E-state index in [1.807, 2.05) is 0 Å². The molecule has 2 amide bonds. The number of carboxylic acid groups (broad SMARTS) is 1. The summed E-state index contributed by atoms with van der Waals surface area (Å²) >= 11 is 0. The third-order valence-electron chi connectivity index (χ3n) is 4.84. The molecule has 144 valence electrons. The van der Waals surface area contributed by atoms with Gasteiger partial charge in [-0.15, -0.1) is 0 Å². The Balaban J connectivity index is 1.83. The molecule has 3 N–H and O–H groups in total. The van der Waals surface area contributed by atoms with E-state index in [9.17, 15) is 19.5 Å². The predicted octanol–water partition coefficient (Wildman–Crippen LogP) is 1.28. The average molecular weight is 373 g/mol. The summed E-state index contributed by atoms with van der Waals surface area (Å²) < 4.78 is 0. The molecule has 1 unspecified atom stereocenters. The van der Waals surface area contributed by atoms with Crippen molar-refractivity contribution in [3.05, 3.63) is 35.5 Å². The lowest BCUT2D eigenvalue weighted by Gasteiger charge is -2.33. The zero-order valence-electron chi connectivity index (χ0n) is 15.1. The molecule has 0 aromatic heterocycles. The molecule has 8 nitrogen and oxygen atoms in total. The minimum absolute atomic E-state index is 0.0594. The van der Waals surface area contributed by atoms with E-state index >= 15 is 0 Å². The predicted molar refractivity (Wildman–Crippen MR) is 99.5 cm³/mol. The first kappa shape index (κ1) is 18.9. The standard InChI is InChI=1S/C19H23N3O5/c1-12-3-2-6-21(11-12)16-5-4-13(9-14(16)19(26)27)20-15-10-17(24)22(7-8-23)18(15)25/h4-5,9-10,12,20,23H,2-3,6-8,11H2,1H3,(H,26,27). The number of carbonyl (C=O) groups is 3. The Bertz CT molecular complexity index is 805. The van der Waals surface area contributed by atoms with Crippen LogP contribution in [0.15, 0.2) is 30.0 Å². The molecule has 0 aliphatic carbocycles. The number of aliphatic hydroxyl groups is 1. The van der Waals surface area contributed by atoms with Crippen LogP contribution in [0, 0.1) is 5.92 Å². The van der Waals surface area contributed by atoms with Crippen LogP contribution in [0.25, 0.3) is 0 Å². The number of anilines is 2. The number of carbonyl (C=O) groups excluding carboxylic acids is 2. The van der Waals surface area contributed by atoms with Crippen LogP contribution < -0.4 is 10.2 Å². The Morgan fingerprint density at radius 2 is 2.11 bits per heavy atom. The second-order valence-electron chi connectivity index (χ2n) is 6.93. The van der Waals surface area contributed by atoms with Crippen molar-refractivity contribution >= 4 is 29.2 Å². The maximum Gasteiger partial charge on any atom is 0.337 e. The van der Waals surface area contributed by atoms with E-state index in [1.54, 1.807) is 12.1 Å². The summed E-state index contributed by atoms with van der Waals surface area (Å²) in [6.45, 7) is 3.37. The van der Waals surface area contributed by atoms with Crippen molar-refractivity contribution in [1.29, 1.82) is 0 Å². The number of amides is 2. The van der Waals surface area contributed by atoms with Gasteiger partial charge in [-0.1, -0.05) is 6.92 Å². The number of aliphatic hydroxyl groups excluding tert-OH is 1. The summed E-state index contributed by atoms with van der Waals surface area (Å²) in [6.07, 6.45) is 3.30. The van der Waals surface area contributed by atoms with Crippen molar-refractivity contribution in [3.8, 4) is 0 Å². The molecule has 8 heteroatoms. The number of aromatic carboxylic acids is 1. The van der Waals surface area contributed by atoms with Crippen molar-refractivity contribution in [2.24, 2.45) is 5.92 Å². The fraction of sp³-hybridized carbons (Fsp3) is 0.421. The fourth-order valence-corrected chi connectivity index (χ4v) is 3.53. The van der Waals surface area contributed by atoms with E-state index in [2.05, 4.69) is 17.1 Å². The third-order valence-corrected chi connectivity index (χ3v) is 4.84. The van der Waals surface area contributed by atoms with Gasteiger partial charge in [-0.2, -0.15) is 0 Å².